The molecule has 1 aromatic heterocycles. The predicted octanol–water partition coefficient (Wildman–Crippen LogP) is 1.91. The molecule has 16 heavy (non-hydrogen) atoms. The molecule has 1 aliphatic rings. The van der Waals surface area contributed by atoms with E-state index in [0.717, 1.165) is 17.3 Å². The largest absolute Gasteiger partial charge is 0.354 e. The zero-order valence-electron chi connectivity index (χ0n) is 9.48. The van der Waals surface area contributed by atoms with Crippen molar-refractivity contribution in [3.05, 3.63) is 22.4 Å². The van der Waals surface area contributed by atoms with Gasteiger partial charge in [0, 0.05) is 11.4 Å². The first-order valence-electron chi connectivity index (χ1n) is 5.75. The van der Waals surface area contributed by atoms with Crippen molar-refractivity contribution in [2.75, 3.05) is 6.54 Å². The zero-order chi connectivity index (χ0) is 11.5. The molecule has 4 heteroatoms. The Hall–Kier alpha value is -0.870. The highest BCUT2D eigenvalue weighted by molar-refractivity contribution is 7.10. The number of thiophene rings is 1. The van der Waals surface area contributed by atoms with Gasteiger partial charge in [0.05, 0.1) is 0 Å². The standard InChI is InChI=1S/C12H18N2OS/c1-8(9-4-5-9)7-14-12(15)11(13)10-3-2-6-16-10/h2-3,6,8-9,11H,4-5,7,13H2,1H3,(H,14,15). The molecule has 0 bridgehead atoms. The molecule has 1 heterocycles. The van der Waals surface area contributed by atoms with E-state index in [1.54, 1.807) is 0 Å². The molecule has 2 rings (SSSR count). The molecule has 1 aliphatic carbocycles. The number of carbonyl (C=O) groups is 1. The van der Waals surface area contributed by atoms with Crippen molar-refractivity contribution in [3.8, 4) is 0 Å². The summed E-state index contributed by atoms with van der Waals surface area (Å²) in [4.78, 5) is 12.7. The molecular weight excluding hydrogens is 220 g/mol. The van der Waals surface area contributed by atoms with Crippen LogP contribution >= 0.6 is 11.3 Å². The van der Waals surface area contributed by atoms with Crippen LogP contribution in [0.1, 0.15) is 30.7 Å². The number of amides is 1. The van der Waals surface area contributed by atoms with Gasteiger partial charge in [-0.25, -0.2) is 0 Å². The number of rotatable bonds is 5. The number of nitrogens with two attached hydrogens (primary N) is 1. The van der Waals surface area contributed by atoms with Gasteiger partial charge in [-0.1, -0.05) is 13.0 Å². The first kappa shape index (κ1) is 11.6. The quantitative estimate of drug-likeness (QED) is 0.823. The molecule has 2 atom stereocenters. The average Bonchev–Trinajstić information content (AvgIpc) is 3.00. The molecule has 88 valence electrons. The third-order valence-corrected chi connectivity index (χ3v) is 4.11. The molecule has 0 aliphatic heterocycles. The summed E-state index contributed by atoms with van der Waals surface area (Å²) in [5.41, 5.74) is 5.86. The van der Waals surface area contributed by atoms with Crippen molar-refractivity contribution in [3.63, 3.8) is 0 Å². The molecule has 0 spiro atoms. The Morgan fingerprint density at radius 3 is 3.00 bits per heavy atom. The maximum atomic E-state index is 11.8. The predicted molar refractivity (Wildman–Crippen MR) is 66.1 cm³/mol. The van der Waals surface area contributed by atoms with E-state index >= 15 is 0 Å². The molecule has 1 aromatic rings. The molecule has 0 aromatic carbocycles. The summed E-state index contributed by atoms with van der Waals surface area (Å²) in [6.07, 6.45) is 2.63. The van der Waals surface area contributed by atoms with Crippen LogP contribution < -0.4 is 11.1 Å². The van der Waals surface area contributed by atoms with Crippen LogP contribution in [0.15, 0.2) is 17.5 Å². The molecule has 1 amide bonds. The van der Waals surface area contributed by atoms with Crippen LogP contribution in [-0.4, -0.2) is 12.5 Å². The van der Waals surface area contributed by atoms with Gasteiger partial charge in [-0.2, -0.15) is 0 Å². The molecule has 1 fully saturated rings. The second-order valence-electron chi connectivity index (χ2n) is 4.55. The normalized spacial score (nSPS) is 19.1. The van der Waals surface area contributed by atoms with Gasteiger partial charge in [0.15, 0.2) is 0 Å². The summed E-state index contributed by atoms with van der Waals surface area (Å²) in [7, 11) is 0. The summed E-state index contributed by atoms with van der Waals surface area (Å²) in [5.74, 6) is 1.34. The Balaban J connectivity index is 1.78. The Morgan fingerprint density at radius 1 is 1.69 bits per heavy atom. The van der Waals surface area contributed by atoms with E-state index in [0.29, 0.717) is 5.92 Å². The van der Waals surface area contributed by atoms with Crippen LogP contribution in [0.5, 0.6) is 0 Å². The van der Waals surface area contributed by atoms with Gasteiger partial charge in [0.25, 0.3) is 0 Å². The van der Waals surface area contributed by atoms with Gasteiger partial charge in [0.1, 0.15) is 6.04 Å². The van der Waals surface area contributed by atoms with E-state index in [-0.39, 0.29) is 5.91 Å². The van der Waals surface area contributed by atoms with E-state index in [4.69, 9.17) is 5.73 Å². The summed E-state index contributed by atoms with van der Waals surface area (Å²) >= 11 is 1.53. The molecular formula is C12H18N2OS. The Bertz CT molecular complexity index is 346. The van der Waals surface area contributed by atoms with Crippen LogP contribution in [0.3, 0.4) is 0 Å². The van der Waals surface area contributed by atoms with Crippen LogP contribution in [0.4, 0.5) is 0 Å². The van der Waals surface area contributed by atoms with Crippen LogP contribution in [-0.2, 0) is 4.79 Å². The summed E-state index contributed by atoms with van der Waals surface area (Å²) in [6, 6.07) is 3.31. The zero-order valence-corrected chi connectivity index (χ0v) is 10.3. The number of nitrogens with one attached hydrogen (secondary N) is 1. The fourth-order valence-electron chi connectivity index (χ4n) is 1.80. The molecule has 1 saturated carbocycles. The lowest BCUT2D eigenvalue weighted by molar-refractivity contribution is -0.122. The van der Waals surface area contributed by atoms with Crippen molar-refractivity contribution >= 4 is 17.2 Å². The Labute approximate surface area is 100 Å². The lowest BCUT2D eigenvalue weighted by Gasteiger charge is -2.14. The summed E-state index contributed by atoms with van der Waals surface area (Å²) in [5, 5.41) is 4.87. The van der Waals surface area contributed by atoms with Gasteiger partial charge in [-0.3, -0.25) is 4.79 Å². The SMILES string of the molecule is CC(CNC(=O)C(N)c1cccs1)C1CC1. The third-order valence-electron chi connectivity index (χ3n) is 3.16. The van der Waals surface area contributed by atoms with Crippen molar-refractivity contribution in [2.24, 2.45) is 17.6 Å². The summed E-state index contributed by atoms with van der Waals surface area (Å²) in [6.45, 7) is 2.94. The average molecular weight is 238 g/mol. The second kappa shape index (κ2) is 4.97. The number of carbonyl (C=O) groups excluding carboxylic acids is 1. The van der Waals surface area contributed by atoms with E-state index in [1.165, 1.54) is 24.2 Å². The fraction of sp³-hybridized carbons (Fsp3) is 0.583. The van der Waals surface area contributed by atoms with Gasteiger partial charge < -0.3 is 11.1 Å². The minimum atomic E-state index is -0.508. The maximum Gasteiger partial charge on any atom is 0.242 e. The minimum Gasteiger partial charge on any atom is -0.354 e. The first-order valence-corrected chi connectivity index (χ1v) is 6.63. The maximum absolute atomic E-state index is 11.8. The first-order chi connectivity index (χ1) is 7.68. The molecule has 0 radical (unpaired) electrons. The third kappa shape index (κ3) is 2.83. The van der Waals surface area contributed by atoms with Crippen LogP contribution in [0, 0.1) is 11.8 Å². The second-order valence-corrected chi connectivity index (χ2v) is 5.53. The minimum absolute atomic E-state index is 0.0602. The van der Waals surface area contributed by atoms with E-state index < -0.39 is 6.04 Å². The van der Waals surface area contributed by atoms with Gasteiger partial charge in [-0.05, 0) is 36.1 Å². The van der Waals surface area contributed by atoms with Gasteiger partial charge in [0.2, 0.25) is 5.91 Å². The Kier molecular flexibility index (Phi) is 3.61. The highest BCUT2D eigenvalue weighted by Crippen LogP contribution is 2.36. The number of hydrogen-bond acceptors (Lipinski definition) is 3. The highest BCUT2D eigenvalue weighted by Gasteiger charge is 2.28. The molecule has 2 unspecified atom stereocenters. The monoisotopic (exact) mass is 238 g/mol. The van der Waals surface area contributed by atoms with Crippen molar-refractivity contribution in [2.45, 2.75) is 25.8 Å². The van der Waals surface area contributed by atoms with Crippen LogP contribution in [0.25, 0.3) is 0 Å². The Morgan fingerprint density at radius 2 is 2.44 bits per heavy atom. The highest BCUT2D eigenvalue weighted by atomic mass is 32.1. The lowest BCUT2D eigenvalue weighted by atomic mass is 10.1. The van der Waals surface area contributed by atoms with E-state index in [9.17, 15) is 4.79 Å². The van der Waals surface area contributed by atoms with Gasteiger partial charge >= 0.3 is 0 Å². The molecule has 3 nitrogen and oxygen atoms in total. The molecule has 0 saturated heterocycles. The van der Waals surface area contributed by atoms with E-state index in [2.05, 4.69) is 12.2 Å². The number of hydrogen-bond donors (Lipinski definition) is 2. The van der Waals surface area contributed by atoms with Gasteiger partial charge in [-0.15, -0.1) is 11.3 Å². The molecule has 3 N–H and O–H groups in total. The topological polar surface area (TPSA) is 55.1 Å². The smallest absolute Gasteiger partial charge is 0.242 e. The summed E-state index contributed by atoms with van der Waals surface area (Å²) < 4.78 is 0. The van der Waals surface area contributed by atoms with E-state index in [1.807, 2.05) is 17.5 Å². The fourth-order valence-corrected chi connectivity index (χ4v) is 2.53. The van der Waals surface area contributed by atoms with Crippen LogP contribution in [0.2, 0.25) is 0 Å². The van der Waals surface area contributed by atoms with Crippen molar-refractivity contribution in [1.82, 2.24) is 5.32 Å². The van der Waals surface area contributed by atoms with Crippen molar-refractivity contribution in [1.29, 1.82) is 0 Å². The lowest BCUT2D eigenvalue weighted by Crippen LogP contribution is -2.36. The van der Waals surface area contributed by atoms with Crippen molar-refractivity contribution < 1.29 is 4.79 Å².